The number of tetrazole rings is 1. The second-order valence-electron chi connectivity index (χ2n) is 4.56. The Kier molecular flexibility index (Phi) is 5.80. The van der Waals surface area contributed by atoms with Crippen molar-refractivity contribution >= 4 is 27.9 Å². The molecule has 0 N–H and O–H groups in total. The molecule has 0 bridgehead atoms. The van der Waals surface area contributed by atoms with E-state index in [9.17, 15) is 9.59 Å². The molecule has 2 atom stereocenters. The Hall–Kier alpha value is -2.29. The summed E-state index contributed by atoms with van der Waals surface area (Å²) in [6, 6.07) is 8.33. The molecule has 1 aromatic carbocycles. The van der Waals surface area contributed by atoms with Gasteiger partial charge in [-0.1, -0.05) is 46.3 Å². The van der Waals surface area contributed by atoms with Gasteiger partial charge in [0.25, 0.3) is 0 Å². The molecule has 9 heteroatoms. The van der Waals surface area contributed by atoms with Gasteiger partial charge in [0.15, 0.2) is 6.04 Å². The molecular formula is C14H15BrN4O4. The molecule has 0 saturated carbocycles. The molecule has 23 heavy (non-hydrogen) atoms. The molecule has 0 amide bonds. The summed E-state index contributed by atoms with van der Waals surface area (Å²) in [5.74, 6) is -0.693. The first-order chi connectivity index (χ1) is 11.1. The van der Waals surface area contributed by atoms with Crippen LogP contribution >= 0.6 is 15.9 Å². The zero-order valence-corrected chi connectivity index (χ0v) is 14.1. The van der Waals surface area contributed by atoms with Crippen molar-refractivity contribution in [2.75, 3.05) is 14.2 Å². The molecule has 0 aliphatic rings. The first-order valence-electron chi connectivity index (χ1n) is 6.71. The van der Waals surface area contributed by atoms with Crippen LogP contribution in [0.2, 0.25) is 0 Å². The van der Waals surface area contributed by atoms with Crippen molar-refractivity contribution in [1.82, 2.24) is 20.2 Å². The monoisotopic (exact) mass is 382 g/mol. The van der Waals surface area contributed by atoms with Crippen LogP contribution < -0.4 is 0 Å². The minimum absolute atomic E-state index is 0.0733. The third-order valence-corrected chi connectivity index (χ3v) is 3.85. The molecule has 1 heterocycles. The average Bonchev–Trinajstić information content (AvgIpc) is 3.08. The maximum Gasteiger partial charge on any atom is 0.332 e. The predicted octanol–water partition coefficient (Wildman–Crippen LogP) is 1.38. The Morgan fingerprint density at radius 2 is 1.83 bits per heavy atom. The molecule has 0 radical (unpaired) electrons. The van der Waals surface area contributed by atoms with E-state index in [-0.39, 0.29) is 6.42 Å². The van der Waals surface area contributed by atoms with E-state index in [0.717, 1.165) is 10.4 Å². The van der Waals surface area contributed by atoms with Crippen molar-refractivity contribution in [3.05, 3.63) is 30.3 Å². The van der Waals surface area contributed by atoms with Crippen LogP contribution in [0.1, 0.15) is 12.5 Å². The van der Waals surface area contributed by atoms with Crippen LogP contribution in [0.5, 0.6) is 0 Å². The highest BCUT2D eigenvalue weighted by Crippen LogP contribution is 2.21. The summed E-state index contributed by atoms with van der Waals surface area (Å²) in [7, 11) is 2.52. The SMILES string of the molecule is COC(=O)C(Br)CC(C(=O)OC)n1nnc(-c2ccccc2)n1. The van der Waals surface area contributed by atoms with Crippen LogP contribution in [0.25, 0.3) is 11.4 Å². The number of carbonyl (C=O) groups excluding carboxylic acids is 2. The van der Waals surface area contributed by atoms with E-state index in [1.807, 2.05) is 30.3 Å². The van der Waals surface area contributed by atoms with Gasteiger partial charge in [-0.2, -0.15) is 0 Å². The number of nitrogens with zero attached hydrogens (tertiary/aromatic N) is 4. The second-order valence-corrected chi connectivity index (χ2v) is 5.67. The zero-order chi connectivity index (χ0) is 16.8. The summed E-state index contributed by atoms with van der Waals surface area (Å²) >= 11 is 3.18. The van der Waals surface area contributed by atoms with E-state index in [0.29, 0.717) is 5.82 Å². The van der Waals surface area contributed by atoms with E-state index < -0.39 is 22.8 Å². The highest BCUT2D eigenvalue weighted by Gasteiger charge is 2.30. The summed E-state index contributed by atoms with van der Waals surface area (Å²) in [5.41, 5.74) is 0.769. The van der Waals surface area contributed by atoms with Crippen molar-refractivity contribution in [3.63, 3.8) is 0 Å². The highest BCUT2D eigenvalue weighted by molar-refractivity contribution is 9.10. The van der Waals surface area contributed by atoms with Crippen molar-refractivity contribution in [3.8, 4) is 11.4 Å². The number of methoxy groups -OCH3 is 2. The molecule has 2 aromatic rings. The van der Waals surface area contributed by atoms with Crippen molar-refractivity contribution < 1.29 is 19.1 Å². The smallest absolute Gasteiger partial charge is 0.332 e. The van der Waals surface area contributed by atoms with Gasteiger partial charge in [0, 0.05) is 12.0 Å². The number of hydrogen-bond acceptors (Lipinski definition) is 7. The Morgan fingerprint density at radius 1 is 1.17 bits per heavy atom. The Bertz CT molecular complexity index is 676. The van der Waals surface area contributed by atoms with Gasteiger partial charge in [-0.15, -0.1) is 15.0 Å². The van der Waals surface area contributed by atoms with Crippen LogP contribution in [0.15, 0.2) is 30.3 Å². The van der Waals surface area contributed by atoms with E-state index in [2.05, 4.69) is 36.1 Å². The first kappa shape index (κ1) is 17.1. The summed E-state index contributed by atoms with van der Waals surface area (Å²) < 4.78 is 9.39. The minimum Gasteiger partial charge on any atom is -0.468 e. The Labute approximate surface area is 140 Å². The molecule has 2 unspecified atom stereocenters. The second kappa shape index (κ2) is 7.82. The Morgan fingerprint density at radius 3 is 2.43 bits per heavy atom. The van der Waals surface area contributed by atoms with E-state index >= 15 is 0 Å². The number of hydrogen-bond donors (Lipinski definition) is 0. The van der Waals surface area contributed by atoms with Crippen LogP contribution in [0.3, 0.4) is 0 Å². The van der Waals surface area contributed by atoms with Gasteiger partial charge in [-0.3, -0.25) is 4.79 Å². The summed E-state index contributed by atoms with van der Waals surface area (Å²) in [6.07, 6.45) is 0.0733. The van der Waals surface area contributed by atoms with Crippen molar-refractivity contribution in [2.45, 2.75) is 17.3 Å². The van der Waals surface area contributed by atoms with Gasteiger partial charge in [0.05, 0.1) is 14.2 Å². The largest absolute Gasteiger partial charge is 0.468 e. The molecule has 0 spiro atoms. The minimum atomic E-state index is -0.895. The number of alkyl halides is 1. The normalized spacial score (nSPS) is 13.2. The van der Waals surface area contributed by atoms with Gasteiger partial charge in [-0.05, 0) is 5.21 Å². The number of halogens is 1. The topological polar surface area (TPSA) is 96.2 Å². The fourth-order valence-electron chi connectivity index (χ4n) is 1.90. The van der Waals surface area contributed by atoms with E-state index in [1.165, 1.54) is 14.2 Å². The van der Waals surface area contributed by atoms with Crippen LogP contribution in [-0.4, -0.2) is 51.2 Å². The third-order valence-electron chi connectivity index (χ3n) is 3.10. The van der Waals surface area contributed by atoms with Gasteiger partial charge < -0.3 is 9.47 Å². The maximum absolute atomic E-state index is 12.0. The number of benzene rings is 1. The van der Waals surface area contributed by atoms with Crippen LogP contribution in [-0.2, 0) is 19.1 Å². The quantitative estimate of drug-likeness (QED) is 0.549. The van der Waals surface area contributed by atoms with E-state index in [4.69, 9.17) is 4.74 Å². The van der Waals surface area contributed by atoms with Gasteiger partial charge in [-0.25, -0.2) is 4.79 Å². The molecule has 122 valence electrons. The molecule has 8 nitrogen and oxygen atoms in total. The lowest BCUT2D eigenvalue weighted by atomic mass is 10.1. The summed E-state index contributed by atoms with van der Waals surface area (Å²) in [4.78, 5) is 24.0. The lowest BCUT2D eigenvalue weighted by Crippen LogP contribution is -2.29. The molecule has 2 rings (SSSR count). The Balaban J connectivity index is 2.25. The molecule has 0 aliphatic heterocycles. The lowest BCUT2D eigenvalue weighted by molar-refractivity contribution is -0.146. The van der Waals surface area contributed by atoms with Crippen molar-refractivity contribution in [1.29, 1.82) is 0 Å². The molecule has 0 aliphatic carbocycles. The van der Waals surface area contributed by atoms with E-state index in [1.54, 1.807) is 0 Å². The fraction of sp³-hybridized carbons (Fsp3) is 0.357. The first-order valence-corrected chi connectivity index (χ1v) is 7.63. The average molecular weight is 383 g/mol. The number of esters is 2. The van der Waals surface area contributed by atoms with Gasteiger partial charge in [0.2, 0.25) is 5.82 Å². The molecular weight excluding hydrogens is 368 g/mol. The van der Waals surface area contributed by atoms with Gasteiger partial charge >= 0.3 is 11.9 Å². The lowest BCUT2D eigenvalue weighted by Gasteiger charge is -2.15. The summed E-state index contributed by atoms with van der Waals surface area (Å²) in [6.45, 7) is 0. The predicted molar refractivity (Wildman–Crippen MR) is 83.7 cm³/mol. The number of ether oxygens (including phenoxy) is 2. The highest BCUT2D eigenvalue weighted by atomic mass is 79.9. The fourth-order valence-corrected chi connectivity index (χ4v) is 2.44. The van der Waals surface area contributed by atoms with Crippen molar-refractivity contribution in [2.24, 2.45) is 0 Å². The molecule has 1 aromatic heterocycles. The van der Waals surface area contributed by atoms with Crippen LogP contribution in [0.4, 0.5) is 0 Å². The number of carbonyl (C=O) groups is 2. The third kappa shape index (κ3) is 4.13. The van der Waals surface area contributed by atoms with Gasteiger partial charge in [0.1, 0.15) is 4.83 Å². The zero-order valence-electron chi connectivity index (χ0n) is 12.5. The number of rotatable bonds is 6. The summed E-state index contributed by atoms with van der Waals surface area (Å²) in [5, 5.41) is 12.0. The number of aromatic nitrogens is 4. The molecule has 0 fully saturated rings. The maximum atomic E-state index is 12.0. The standard InChI is InChI=1S/C14H15BrN4O4/c1-22-13(20)10(15)8-11(14(21)23-2)19-17-12(16-18-19)9-6-4-3-5-7-9/h3-7,10-11H,8H2,1-2H3. The van der Waals surface area contributed by atoms with Crippen LogP contribution in [0, 0.1) is 0 Å². The molecule has 0 saturated heterocycles.